The molecule has 1 N–H and O–H groups in total. The molecule has 0 spiro atoms. The zero-order valence-electron chi connectivity index (χ0n) is 11.8. The van der Waals surface area contributed by atoms with Crippen LogP contribution in [-0.2, 0) is 0 Å². The minimum atomic E-state index is -0.363. The topological polar surface area (TPSA) is 59.1 Å². The van der Waals surface area contributed by atoms with E-state index in [1.807, 2.05) is 0 Å². The van der Waals surface area contributed by atoms with Crippen molar-refractivity contribution >= 4 is 39.8 Å². The highest BCUT2D eigenvalue weighted by atomic mass is 35.5. The molecule has 2 aromatic carbocycles. The number of aromatic nitrogens is 1. The molecule has 0 saturated carbocycles. The average molecular weight is 343 g/mol. The summed E-state index contributed by atoms with van der Waals surface area (Å²) in [6, 6.07) is 13.3. The summed E-state index contributed by atoms with van der Waals surface area (Å²) in [5, 5.41) is 5.50. The first kappa shape index (κ1) is 15.4. The quantitative estimate of drug-likeness (QED) is 0.720. The third kappa shape index (κ3) is 3.47. The molecule has 1 amide bonds. The Morgan fingerprint density at radius 2 is 1.70 bits per heavy atom. The zero-order chi connectivity index (χ0) is 16.2. The molecule has 0 bridgehead atoms. The van der Waals surface area contributed by atoms with Crippen LogP contribution >= 0.6 is 22.9 Å². The molecule has 0 atom stereocenters. The lowest BCUT2D eigenvalue weighted by atomic mass is 9.98. The van der Waals surface area contributed by atoms with E-state index in [2.05, 4.69) is 10.3 Å². The number of hydrogen-bond acceptors (Lipinski definition) is 4. The molecule has 0 unspecified atom stereocenters. The lowest BCUT2D eigenvalue weighted by Crippen LogP contribution is -2.16. The fraction of sp³-hybridized carbons (Fsp3) is 0. The zero-order valence-corrected chi connectivity index (χ0v) is 13.4. The average Bonchev–Trinajstić information content (AvgIpc) is 3.08. The van der Waals surface area contributed by atoms with Crippen LogP contribution < -0.4 is 5.32 Å². The van der Waals surface area contributed by atoms with Gasteiger partial charge in [0.25, 0.3) is 5.91 Å². The summed E-state index contributed by atoms with van der Waals surface area (Å²) < 4.78 is 0. The molecule has 114 valence electrons. The van der Waals surface area contributed by atoms with Crippen molar-refractivity contribution < 1.29 is 9.59 Å². The van der Waals surface area contributed by atoms with Gasteiger partial charge >= 0.3 is 0 Å². The Labute approximate surface area is 141 Å². The molecule has 3 aromatic rings. The van der Waals surface area contributed by atoms with E-state index in [0.29, 0.717) is 26.8 Å². The Morgan fingerprint density at radius 3 is 2.35 bits per heavy atom. The van der Waals surface area contributed by atoms with E-state index in [1.54, 1.807) is 60.1 Å². The molecule has 23 heavy (non-hydrogen) atoms. The normalized spacial score (nSPS) is 10.3. The van der Waals surface area contributed by atoms with Crippen LogP contribution in [0.5, 0.6) is 0 Å². The second-order valence-electron chi connectivity index (χ2n) is 4.67. The summed E-state index contributed by atoms with van der Waals surface area (Å²) in [5.74, 6) is -0.593. The Kier molecular flexibility index (Phi) is 4.50. The highest BCUT2D eigenvalue weighted by Crippen LogP contribution is 2.19. The van der Waals surface area contributed by atoms with Crippen LogP contribution in [0.2, 0.25) is 5.02 Å². The number of thiazole rings is 1. The summed E-state index contributed by atoms with van der Waals surface area (Å²) >= 11 is 7.16. The Hall–Kier alpha value is -2.50. The Morgan fingerprint density at radius 1 is 1.00 bits per heavy atom. The first-order valence-electron chi connectivity index (χ1n) is 6.75. The maximum absolute atomic E-state index is 12.6. The Balaban J connectivity index is 1.92. The number of ketones is 1. The van der Waals surface area contributed by atoms with Gasteiger partial charge in [-0.3, -0.25) is 14.9 Å². The van der Waals surface area contributed by atoms with Crippen LogP contribution in [0, 0.1) is 0 Å². The number of nitrogens with one attached hydrogen (secondary N) is 1. The number of amides is 1. The third-order valence-electron chi connectivity index (χ3n) is 3.18. The Bertz CT molecular complexity index is 845. The molecule has 0 radical (unpaired) electrons. The molecular formula is C17H11ClN2O2S. The predicted molar refractivity (Wildman–Crippen MR) is 91.4 cm³/mol. The van der Waals surface area contributed by atoms with Crippen molar-refractivity contribution in [1.82, 2.24) is 4.98 Å². The van der Waals surface area contributed by atoms with E-state index >= 15 is 0 Å². The molecule has 0 saturated heterocycles. The lowest BCUT2D eigenvalue weighted by molar-refractivity contribution is 0.0996. The number of anilines is 1. The van der Waals surface area contributed by atoms with Gasteiger partial charge in [0.2, 0.25) is 0 Å². The minimum Gasteiger partial charge on any atom is -0.298 e. The highest BCUT2D eigenvalue weighted by Gasteiger charge is 2.18. The van der Waals surface area contributed by atoms with Crippen molar-refractivity contribution in [3.8, 4) is 0 Å². The van der Waals surface area contributed by atoms with Crippen molar-refractivity contribution in [3.63, 3.8) is 0 Å². The van der Waals surface area contributed by atoms with Gasteiger partial charge in [-0.25, -0.2) is 4.98 Å². The molecular weight excluding hydrogens is 332 g/mol. The number of carbonyl (C=O) groups excluding carboxylic acids is 2. The molecule has 3 rings (SSSR count). The maximum atomic E-state index is 12.6. The first-order valence-corrected chi connectivity index (χ1v) is 8.01. The number of hydrogen-bond donors (Lipinski definition) is 1. The van der Waals surface area contributed by atoms with Crippen molar-refractivity contribution in [2.45, 2.75) is 0 Å². The molecule has 0 fully saturated rings. The maximum Gasteiger partial charge on any atom is 0.258 e. The second kappa shape index (κ2) is 6.73. The summed E-state index contributed by atoms with van der Waals surface area (Å²) in [5.41, 5.74) is 1.12. The van der Waals surface area contributed by atoms with Crippen molar-refractivity contribution in [1.29, 1.82) is 0 Å². The van der Waals surface area contributed by atoms with Crippen LogP contribution in [0.4, 0.5) is 5.13 Å². The third-order valence-corrected chi connectivity index (χ3v) is 4.12. The predicted octanol–water partition coefficient (Wildman–Crippen LogP) is 4.28. The van der Waals surface area contributed by atoms with Gasteiger partial charge in [-0.05, 0) is 30.3 Å². The summed E-state index contributed by atoms with van der Waals surface area (Å²) in [4.78, 5) is 29.1. The second-order valence-corrected chi connectivity index (χ2v) is 6.00. The van der Waals surface area contributed by atoms with Gasteiger partial charge in [0.1, 0.15) is 0 Å². The van der Waals surface area contributed by atoms with E-state index in [-0.39, 0.29) is 11.7 Å². The van der Waals surface area contributed by atoms with E-state index in [4.69, 9.17) is 11.6 Å². The van der Waals surface area contributed by atoms with Crippen molar-refractivity contribution in [2.24, 2.45) is 0 Å². The molecule has 0 aliphatic carbocycles. The van der Waals surface area contributed by atoms with Gasteiger partial charge in [0.05, 0.1) is 5.56 Å². The highest BCUT2D eigenvalue weighted by molar-refractivity contribution is 7.13. The van der Waals surface area contributed by atoms with Crippen LogP contribution in [-0.4, -0.2) is 16.7 Å². The number of benzene rings is 2. The number of carbonyl (C=O) groups is 2. The van der Waals surface area contributed by atoms with E-state index in [1.165, 1.54) is 11.3 Å². The van der Waals surface area contributed by atoms with Gasteiger partial charge in [0, 0.05) is 27.7 Å². The molecule has 0 aliphatic heterocycles. The fourth-order valence-corrected chi connectivity index (χ4v) is 2.74. The SMILES string of the molecule is O=C(Nc1nccs1)c1ccccc1C(=O)c1ccc(Cl)cc1. The number of halogens is 1. The summed E-state index contributed by atoms with van der Waals surface area (Å²) in [6.45, 7) is 0. The molecule has 6 heteroatoms. The number of nitrogens with zero attached hydrogens (tertiary/aromatic N) is 1. The summed E-state index contributed by atoms with van der Waals surface area (Å²) in [6.07, 6.45) is 1.60. The van der Waals surface area contributed by atoms with Crippen molar-refractivity contribution in [3.05, 3.63) is 81.8 Å². The van der Waals surface area contributed by atoms with Gasteiger partial charge < -0.3 is 0 Å². The van der Waals surface area contributed by atoms with Crippen LogP contribution in [0.25, 0.3) is 0 Å². The van der Waals surface area contributed by atoms with Crippen LogP contribution in [0.1, 0.15) is 26.3 Å². The lowest BCUT2D eigenvalue weighted by Gasteiger charge is -2.08. The van der Waals surface area contributed by atoms with Gasteiger partial charge in [-0.1, -0.05) is 29.8 Å². The van der Waals surface area contributed by atoms with E-state index in [9.17, 15) is 9.59 Å². The minimum absolute atomic E-state index is 0.230. The fourth-order valence-electron chi connectivity index (χ4n) is 2.09. The molecule has 4 nitrogen and oxygen atoms in total. The molecule has 0 aliphatic rings. The van der Waals surface area contributed by atoms with Gasteiger partial charge in [0.15, 0.2) is 10.9 Å². The molecule has 1 aromatic heterocycles. The van der Waals surface area contributed by atoms with Crippen LogP contribution in [0.15, 0.2) is 60.1 Å². The first-order chi connectivity index (χ1) is 11.1. The summed E-state index contributed by atoms with van der Waals surface area (Å²) in [7, 11) is 0. The van der Waals surface area contributed by atoms with Gasteiger partial charge in [-0.15, -0.1) is 11.3 Å². The number of rotatable bonds is 4. The van der Waals surface area contributed by atoms with E-state index in [0.717, 1.165) is 0 Å². The standard InChI is InChI=1S/C17H11ClN2O2S/c18-12-7-5-11(6-8-12)15(21)13-3-1-2-4-14(13)16(22)20-17-19-9-10-23-17/h1-10H,(H,19,20,22). The van der Waals surface area contributed by atoms with Gasteiger partial charge in [-0.2, -0.15) is 0 Å². The largest absolute Gasteiger partial charge is 0.298 e. The molecule has 1 heterocycles. The monoisotopic (exact) mass is 342 g/mol. The van der Waals surface area contributed by atoms with Crippen molar-refractivity contribution in [2.75, 3.05) is 5.32 Å². The van der Waals surface area contributed by atoms with E-state index < -0.39 is 0 Å². The van der Waals surface area contributed by atoms with Crippen LogP contribution in [0.3, 0.4) is 0 Å². The smallest absolute Gasteiger partial charge is 0.258 e.